The monoisotopic (exact) mass is 522 g/mol. The van der Waals surface area contributed by atoms with Crippen LogP contribution in [0.3, 0.4) is 0 Å². The number of rotatable bonds is 6. The van der Waals surface area contributed by atoms with Crippen molar-refractivity contribution in [2.24, 2.45) is 0 Å². The minimum absolute atomic E-state index is 0.0635. The van der Waals surface area contributed by atoms with Crippen molar-refractivity contribution in [2.75, 3.05) is 18.5 Å². The second kappa shape index (κ2) is 9.75. The Bertz CT molecular complexity index is 1040. The van der Waals surface area contributed by atoms with Crippen LogP contribution in [-0.4, -0.2) is 39.0 Å². The van der Waals surface area contributed by atoms with Crippen molar-refractivity contribution in [1.29, 1.82) is 5.26 Å². The van der Waals surface area contributed by atoms with Crippen LogP contribution in [0.4, 0.5) is 32.2 Å². The highest BCUT2D eigenvalue weighted by molar-refractivity contribution is 7.92. The lowest BCUT2D eigenvalue weighted by Gasteiger charge is -2.16. The minimum Gasteiger partial charge on any atom is -0.604 e. The molecule has 1 heterocycles. The van der Waals surface area contributed by atoms with Gasteiger partial charge >= 0.3 is 11.7 Å². The van der Waals surface area contributed by atoms with Crippen LogP contribution >= 0.6 is 23.2 Å². The van der Waals surface area contributed by atoms with Crippen molar-refractivity contribution in [2.45, 2.75) is 23.5 Å². The van der Waals surface area contributed by atoms with Crippen LogP contribution in [0.25, 0.3) is 5.69 Å². The molecule has 0 aliphatic carbocycles. The molecular formula is C16H10Cl2F6N4O3S. The third kappa shape index (κ3) is 5.59. The minimum atomic E-state index is -5.37. The molecule has 0 saturated heterocycles. The van der Waals surface area contributed by atoms with Crippen LogP contribution in [0, 0.1) is 11.3 Å². The predicted molar refractivity (Wildman–Crippen MR) is 101 cm³/mol. The summed E-state index contributed by atoms with van der Waals surface area (Å²) in [5.74, 6) is -1.96. The van der Waals surface area contributed by atoms with E-state index in [1.54, 1.807) is 0 Å². The summed E-state index contributed by atoms with van der Waals surface area (Å²) in [6, 6.07) is 2.14. The van der Waals surface area contributed by atoms with Crippen LogP contribution in [0.2, 0.25) is 10.0 Å². The Morgan fingerprint density at radius 1 is 1.28 bits per heavy atom. The maximum Gasteiger partial charge on any atom is 0.578 e. The fourth-order valence-corrected chi connectivity index (χ4v) is 3.79. The molecule has 0 saturated carbocycles. The molecular weight excluding hydrogens is 513 g/mol. The molecule has 0 spiro atoms. The van der Waals surface area contributed by atoms with Gasteiger partial charge in [0.2, 0.25) is 10.6 Å². The van der Waals surface area contributed by atoms with Gasteiger partial charge in [0.1, 0.15) is 29.5 Å². The first-order chi connectivity index (χ1) is 14.7. The van der Waals surface area contributed by atoms with Crippen LogP contribution in [0.15, 0.2) is 17.0 Å². The highest BCUT2D eigenvalue weighted by atomic mass is 35.5. The van der Waals surface area contributed by atoms with Gasteiger partial charge in [-0.05, 0) is 19.1 Å². The lowest BCUT2D eigenvalue weighted by molar-refractivity contribution is -0.137. The number of nitrogens with one attached hydrogen (secondary N) is 1. The molecule has 16 heteroatoms. The van der Waals surface area contributed by atoms with Gasteiger partial charge < -0.3 is 14.6 Å². The first kappa shape index (κ1) is 26.1. The predicted octanol–water partition coefficient (Wildman–Crippen LogP) is 4.67. The van der Waals surface area contributed by atoms with Gasteiger partial charge in [0.15, 0.2) is 5.82 Å². The molecule has 0 aliphatic heterocycles. The second-order valence-corrected chi connectivity index (χ2v) is 7.96. The number of benzene rings is 1. The average Bonchev–Trinajstić information content (AvgIpc) is 3.01. The highest BCUT2D eigenvalue weighted by Gasteiger charge is 2.51. The Morgan fingerprint density at radius 3 is 2.28 bits per heavy atom. The van der Waals surface area contributed by atoms with E-state index < -0.39 is 73.1 Å². The molecule has 1 aromatic heterocycles. The first-order valence-electron chi connectivity index (χ1n) is 8.18. The molecule has 7 nitrogen and oxygen atoms in total. The number of ether oxygens (including phenoxy) is 1. The quantitative estimate of drug-likeness (QED) is 0.438. The van der Waals surface area contributed by atoms with Gasteiger partial charge in [-0.15, -0.1) is 18.3 Å². The van der Waals surface area contributed by atoms with Crippen molar-refractivity contribution in [3.8, 4) is 11.8 Å². The molecule has 1 aromatic carbocycles. The van der Waals surface area contributed by atoms with Gasteiger partial charge in [-0.1, -0.05) is 23.2 Å². The zero-order chi connectivity index (χ0) is 24.4. The number of hydrogen-bond acceptors (Lipinski definition) is 5. The van der Waals surface area contributed by atoms with Crippen molar-refractivity contribution >= 4 is 46.1 Å². The molecule has 32 heavy (non-hydrogen) atoms. The molecule has 0 fully saturated rings. The third-order valence-electron chi connectivity index (χ3n) is 3.59. The molecule has 0 aliphatic rings. The molecule has 1 atom stereocenters. The highest BCUT2D eigenvalue weighted by Crippen LogP contribution is 2.42. The van der Waals surface area contributed by atoms with E-state index in [1.807, 2.05) is 5.32 Å². The van der Waals surface area contributed by atoms with E-state index in [-0.39, 0.29) is 6.61 Å². The smallest absolute Gasteiger partial charge is 0.578 e. The summed E-state index contributed by atoms with van der Waals surface area (Å²) < 4.78 is 95.8. The van der Waals surface area contributed by atoms with Gasteiger partial charge in [-0.2, -0.15) is 18.4 Å². The standard InChI is InChI=1S/C16H10Cl2F6N4O3S/c1-2-31-6-11(29)26-14-13(32(30)16(22,23)24)10(5-25)27-28(14)12-8(17)3-7(4-9(12)18)15(19,20)21/h3-4H,2,6H2,1H3,(H,26,29). The number of alkyl halides is 6. The molecule has 0 radical (unpaired) electrons. The van der Waals surface area contributed by atoms with Crippen LogP contribution < -0.4 is 5.32 Å². The van der Waals surface area contributed by atoms with E-state index in [0.717, 1.165) is 0 Å². The van der Waals surface area contributed by atoms with E-state index in [1.165, 1.54) is 13.0 Å². The Kier molecular flexibility index (Phi) is 7.95. The van der Waals surface area contributed by atoms with Gasteiger partial charge in [0, 0.05) is 6.61 Å². The molecule has 1 amide bonds. The van der Waals surface area contributed by atoms with Gasteiger partial charge in [0.25, 0.3) is 5.91 Å². The second-order valence-electron chi connectivity index (χ2n) is 5.74. The van der Waals surface area contributed by atoms with E-state index in [0.29, 0.717) is 16.8 Å². The van der Waals surface area contributed by atoms with Crippen molar-refractivity contribution < 1.29 is 40.4 Å². The summed E-state index contributed by atoms with van der Waals surface area (Å²) in [5, 5.41) is 13.3. The van der Waals surface area contributed by atoms with Crippen LogP contribution in [0.1, 0.15) is 18.2 Å². The van der Waals surface area contributed by atoms with E-state index in [2.05, 4.69) is 5.10 Å². The number of carbonyl (C=O) groups is 1. The molecule has 2 rings (SSSR count). The van der Waals surface area contributed by atoms with Crippen LogP contribution in [-0.2, 0) is 26.9 Å². The van der Waals surface area contributed by atoms with Crippen molar-refractivity contribution in [1.82, 2.24) is 9.78 Å². The molecule has 174 valence electrons. The maximum absolute atomic E-state index is 13.2. The van der Waals surface area contributed by atoms with E-state index >= 15 is 0 Å². The number of aromatic nitrogens is 2. The van der Waals surface area contributed by atoms with Crippen molar-refractivity contribution in [3.05, 3.63) is 33.4 Å². The largest absolute Gasteiger partial charge is 0.604 e. The molecule has 1 N–H and O–H groups in total. The van der Waals surface area contributed by atoms with Gasteiger partial charge in [-0.25, -0.2) is 4.68 Å². The van der Waals surface area contributed by atoms with E-state index in [9.17, 15) is 41.0 Å². The Balaban J connectivity index is 2.79. The fourth-order valence-electron chi connectivity index (χ4n) is 2.33. The number of nitriles is 1. The fraction of sp³-hybridized carbons (Fsp3) is 0.312. The third-order valence-corrected chi connectivity index (χ3v) is 5.35. The summed E-state index contributed by atoms with van der Waals surface area (Å²) >= 11 is 7.90. The SMILES string of the molecule is CCOCC(=O)Nc1c([S+]([O-])C(F)(F)F)c(C#N)nn1-c1c(Cl)cc(C(F)(F)F)cc1Cl. The van der Waals surface area contributed by atoms with Crippen LogP contribution in [0.5, 0.6) is 0 Å². The summed E-state index contributed by atoms with van der Waals surface area (Å²) in [6.07, 6.45) is -4.86. The summed E-state index contributed by atoms with van der Waals surface area (Å²) in [6.45, 7) is 0.946. The average molecular weight is 523 g/mol. The molecule has 1 unspecified atom stereocenters. The van der Waals surface area contributed by atoms with Gasteiger partial charge in [0.05, 0.1) is 15.6 Å². The first-order valence-corrected chi connectivity index (χ1v) is 10.1. The topological polar surface area (TPSA) is 103 Å². The Hall–Kier alpha value is -2.18. The zero-order valence-electron chi connectivity index (χ0n) is 15.6. The van der Waals surface area contributed by atoms with E-state index in [4.69, 9.17) is 27.9 Å². The molecule has 2 aromatic rings. The summed E-state index contributed by atoms with van der Waals surface area (Å²) in [4.78, 5) is 10.8. The zero-order valence-corrected chi connectivity index (χ0v) is 17.9. The van der Waals surface area contributed by atoms with Gasteiger partial charge in [-0.3, -0.25) is 4.79 Å². The molecule has 0 bridgehead atoms. The summed E-state index contributed by atoms with van der Waals surface area (Å²) in [5.41, 5.74) is -8.26. The normalized spacial score (nSPS) is 13.0. The number of anilines is 1. The number of carbonyl (C=O) groups excluding carboxylic acids is 1. The number of hydrogen-bond donors (Lipinski definition) is 1. The van der Waals surface area contributed by atoms with Crippen molar-refractivity contribution in [3.63, 3.8) is 0 Å². The Morgan fingerprint density at radius 2 is 1.84 bits per heavy atom. The lowest BCUT2D eigenvalue weighted by atomic mass is 10.2. The maximum atomic E-state index is 13.2. The number of nitrogens with zero attached hydrogens (tertiary/aromatic N) is 3. The Labute approximate surface area is 189 Å². The number of amides is 1. The summed E-state index contributed by atoms with van der Waals surface area (Å²) in [7, 11) is 0. The number of halogens is 8. The lowest BCUT2D eigenvalue weighted by Crippen LogP contribution is -2.27.